The molecule has 23 heavy (non-hydrogen) atoms. The van der Waals surface area contributed by atoms with Gasteiger partial charge in [-0.1, -0.05) is 72.4 Å². The van der Waals surface area contributed by atoms with Crippen molar-refractivity contribution in [3.8, 4) is 22.5 Å². The minimum atomic E-state index is -0.384. The van der Waals surface area contributed by atoms with Crippen LogP contribution in [0, 0.1) is 0 Å². The number of carbonyl (C=O) groups is 1. The van der Waals surface area contributed by atoms with Gasteiger partial charge in [-0.3, -0.25) is 4.79 Å². The monoisotopic (exact) mass is 321 g/mol. The zero-order chi connectivity index (χ0) is 16.1. The van der Waals surface area contributed by atoms with Gasteiger partial charge in [0.1, 0.15) is 0 Å². The van der Waals surface area contributed by atoms with E-state index in [9.17, 15) is 4.79 Å². The second-order valence-electron chi connectivity index (χ2n) is 4.91. The van der Waals surface area contributed by atoms with Gasteiger partial charge in [-0.15, -0.1) is 0 Å². The Morgan fingerprint density at radius 2 is 1.35 bits per heavy atom. The Hall–Kier alpha value is -2.66. The van der Waals surface area contributed by atoms with E-state index in [4.69, 9.17) is 5.73 Å². The molecule has 0 atom stereocenters. The Labute approximate surface area is 138 Å². The normalized spacial score (nSPS) is 10.4. The molecule has 2 N–H and O–H groups in total. The topological polar surface area (TPSA) is 68.9 Å². The summed E-state index contributed by atoms with van der Waals surface area (Å²) >= 11 is 1.25. The third-order valence-corrected chi connectivity index (χ3v) is 4.06. The molecule has 2 aromatic carbocycles. The largest absolute Gasteiger partial charge is 0.369 e. The minimum Gasteiger partial charge on any atom is -0.369 e. The predicted octanol–water partition coefficient (Wildman–Crippen LogP) is 3.39. The van der Waals surface area contributed by atoms with Crippen molar-refractivity contribution >= 4 is 17.7 Å². The SMILES string of the molecule is NC(=O)CSc1nc(-c2ccccc2)cc(-c2ccccc2)n1. The first-order valence-corrected chi connectivity index (χ1v) is 8.12. The van der Waals surface area contributed by atoms with E-state index in [2.05, 4.69) is 9.97 Å². The molecule has 1 heterocycles. The number of benzene rings is 2. The number of nitrogens with two attached hydrogens (primary N) is 1. The summed E-state index contributed by atoms with van der Waals surface area (Å²) in [6.07, 6.45) is 0. The summed E-state index contributed by atoms with van der Waals surface area (Å²) in [5.41, 5.74) is 8.89. The summed E-state index contributed by atoms with van der Waals surface area (Å²) in [6, 6.07) is 21.8. The lowest BCUT2D eigenvalue weighted by atomic mass is 10.1. The Kier molecular flexibility index (Phi) is 4.68. The maximum atomic E-state index is 11.0. The van der Waals surface area contributed by atoms with Gasteiger partial charge in [0.05, 0.1) is 17.1 Å². The highest BCUT2D eigenvalue weighted by Gasteiger charge is 2.09. The van der Waals surface area contributed by atoms with E-state index in [-0.39, 0.29) is 11.7 Å². The number of hydrogen-bond donors (Lipinski definition) is 1. The number of aromatic nitrogens is 2. The number of nitrogens with zero attached hydrogens (tertiary/aromatic N) is 2. The molecule has 0 unspecified atom stereocenters. The Balaban J connectivity index is 2.05. The summed E-state index contributed by atoms with van der Waals surface area (Å²) in [7, 11) is 0. The van der Waals surface area contributed by atoms with Crippen molar-refractivity contribution < 1.29 is 4.79 Å². The fourth-order valence-electron chi connectivity index (χ4n) is 2.14. The number of amides is 1. The molecule has 3 aromatic rings. The summed E-state index contributed by atoms with van der Waals surface area (Å²) in [5.74, 6) is -0.225. The maximum absolute atomic E-state index is 11.0. The second-order valence-corrected chi connectivity index (χ2v) is 5.85. The van der Waals surface area contributed by atoms with Gasteiger partial charge in [-0.05, 0) is 6.07 Å². The van der Waals surface area contributed by atoms with Gasteiger partial charge in [0.2, 0.25) is 5.91 Å². The Morgan fingerprint density at radius 1 is 0.870 bits per heavy atom. The third kappa shape index (κ3) is 3.96. The van der Waals surface area contributed by atoms with Crippen LogP contribution in [0.4, 0.5) is 0 Å². The quantitative estimate of drug-likeness (QED) is 0.578. The van der Waals surface area contributed by atoms with Crippen LogP contribution in [0.3, 0.4) is 0 Å². The van der Waals surface area contributed by atoms with E-state index in [1.165, 1.54) is 11.8 Å². The molecule has 114 valence electrons. The number of hydrogen-bond acceptors (Lipinski definition) is 4. The van der Waals surface area contributed by atoms with Crippen LogP contribution in [0.25, 0.3) is 22.5 Å². The third-order valence-electron chi connectivity index (χ3n) is 3.19. The van der Waals surface area contributed by atoms with Crippen molar-refractivity contribution in [3.63, 3.8) is 0 Å². The highest BCUT2D eigenvalue weighted by atomic mass is 32.2. The average molecular weight is 321 g/mol. The first-order valence-electron chi connectivity index (χ1n) is 7.13. The van der Waals surface area contributed by atoms with Crippen LogP contribution < -0.4 is 5.73 Å². The zero-order valence-electron chi connectivity index (χ0n) is 12.3. The molecule has 0 aliphatic carbocycles. The number of carbonyl (C=O) groups excluding carboxylic acids is 1. The molecule has 0 fully saturated rings. The van der Waals surface area contributed by atoms with Crippen LogP contribution >= 0.6 is 11.8 Å². The van der Waals surface area contributed by atoms with Crippen LogP contribution in [-0.2, 0) is 4.79 Å². The molecule has 0 radical (unpaired) electrons. The van der Waals surface area contributed by atoms with Gasteiger partial charge in [0, 0.05) is 11.1 Å². The van der Waals surface area contributed by atoms with E-state index < -0.39 is 0 Å². The van der Waals surface area contributed by atoms with Crippen LogP contribution in [-0.4, -0.2) is 21.6 Å². The standard InChI is InChI=1S/C18H15N3OS/c19-17(22)12-23-18-20-15(13-7-3-1-4-8-13)11-16(21-18)14-9-5-2-6-10-14/h1-11H,12H2,(H2,19,22). The Morgan fingerprint density at radius 3 is 1.78 bits per heavy atom. The van der Waals surface area contributed by atoms with Crippen LogP contribution in [0.1, 0.15) is 0 Å². The summed E-state index contributed by atoms with van der Waals surface area (Å²) in [6.45, 7) is 0. The molecule has 1 amide bonds. The lowest BCUT2D eigenvalue weighted by Crippen LogP contribution is -2.13. The highest BCUT2D eigenvalue weighted by molar-refractivity contribution is 7.99. The van der Waals surface area contributed by atoms with E-state index in [1.807, 2.05) is 66.7 Å². The van der Waals surface area contributed by atoms with Gasteiger partial charge in [0.25, 0.3) is 0 Å². The average Bonchev–Trinajstić information content (AvgIpc) is 2.61. The molecule has 0 spiro atoms. The molecule has 0 bridgehead atoms. The van der Waals surface area contributed by atoms with Crippen LogP contribution in [0.15, 0.2) is 71.9 Å². The fraction of sp³-hybridized carbons (Fsp3) is 0.0556. The van der Waals surface area contributed by atoms with Gasteiger partial charge in [-0.2, -0.15) is 0 Å². The van der Waals surface area contributed by atoms with Crippen molar-refractivity contribution in [3.05, 3.63) is 66.7 Å². The molecule has 4 nitrogen and oxygen atoms in total. The lowest BCUT2D eigenvalue weighted by Gasteiger charge is -2.08. The Bertz CT molecular complexity index is 749. The van der Waals surface area contributed by atoms with E-state index in [0.29, 0.717) is 5.16 Å². The van der Waals surface area contributed by atoms with E-state index >= 15 is 0 Å². The molecule has 0 aliphatic heterocycles. The molecule has 1 aromatic heterocycles. The van der Waals surface area contributed by atoms with Crippen molar-refractivity contribution in [2.75, 3.05) is 5.75 Å². The number of thioether (sulfide) groups is 1. The minimum absolute atomic E-state index is 0.159. The van der Waals surface area contributed by atoms with Crippen molar-refractivity contribution in [1.29, 1.82) is 0 Å². The van der Waals surface area contributed by atoms with Crippen molar-refractivity contribution in [2.24, 2.45) is 5.73 Å². The van der Waals surface area contributed by atoms with Gasteiger partial charge >= 0.3 is 0 Å². The maximum Gasteiger partial charge on any atom is 0.227 e. The first kappa shape index (κ1) is 15.2. The molecular weight excluding hydrogens is 306 g/mol. The van der Waals surface area contributed by atoms with Crippen LogP contribution in [0.2, 0.25) is 0 Å². The summed E-state index contributed by atoms with van der Waals surface area (Å²) < 4.78 is 0. The number of rotatable bonds is 5. The molecule has 0 aliphatic rings. The van der Waals surface area contributed by atoms with Gasteiger partial charge < -0.3 is 5.73 Å². The summed E-state index contributed by atoms with van der Waals surface area (Å²) in [4.78, 5) is 20.1. The molecule has 0 saturated carbocycles. The molecule has 5 heteroatoms. The smallest absolute Gasteiger partial charge is 0.227 e. The highest BCUT2D eigenvalue weighted by Crippen LogP contribution is 2.26. The van der Waals surface area contributed by atoms with E-state index in [0.717, 1.165) is 22.5 Å². The number of primary amides is 1. The first-order chi connectivity index (χ1) is 11.2. The fourth-order valence-corrected chi connectivity index (χ4v) is 2.74. The van der Waals surface area contributed by atoms with Crippen molar-refractivity contribution in [2.45, 2.75) is 5.16 Å². The second kappa shape index (κ2) is 7.07. The predicted molar refractivity (Wildman–Crippen MR) is 92.8 cm³/mol. The zero-order valence-corrected chi connectivity index (χ0v) is 13.2. The molecular formula is C18H15N3OS. The molecule has 3 rings (SSSR count). The van der Waals surface area contributed by atoms with Gasteiger partial charge in [0.15, 0.2) is 5.16 Å². The van der Waals surface area contributed by atoms with Crippen molar-refractivity contribution in [1.82, 2.24) is 9.97 Å². The summed E-state index contributed by atoms with van der Waals surface area (Å²) in [5, 5.41) is 0.545. The van der Waals surface area contributed by atoms with E-state index in [1.54, 1.807) is 0 Å². The molecule has 0 saturated heterocycles. The van der Waals surface area contributed by atoms with Gasteiger partial charge in [-0.25, -0.2) is 9.97 Å². The lowest BCUT2D eigenvalue weighted by molar-refractivity contribution is -0.115. The van der Waals surface area contributed by atoms with Crippen LogP contribution in [0.5, 0.6) is 0 Å².